The van der Waals surface area contributed by atoms with Gasteiger partial charge in [-0.3, -0.25) is 9.59 Å². The Hall–Kier alpha value is -2.33. The number of aryl methyl sites for hydroxylation is 1. The van der Waals surface area contributed by atoms with Gasteiger partial charge in [0.2, 0.25) is 11.8 Å². The highest BCUT2D eigenvalue weighted by Crippen LogP contribution is 2.16. The van der Waals surface area contributed by atoms with Crippen LogP contribution in [0.15, 0.2) is 48.5 Å². The maximum Gasteiger partial charge on any atom is 0.242 e. The summed E-state index contributed by atoms with van der Waals surface area (Å²) < 4.78 is 0. The topological polar surface area (TPSA) is 49.4 Å². The van der Waals surface area contributed by atoms with Crippen molar-refractivity contribution in [3.8, 4) is 0 Å². The van der Waals surface area contributed by atoms with Gasteiger partial charge in [-0.15, -0.1) is 0 Å². The van der Waals surface area contributed by atoms with E-state index in [9.17, 15) is 9.59 Å². The Morgan fingerprint density at radius 3 is 2.46 bits per heavy atom. The van der Waals surface area contributed by atoms with Crippen molar-refractivity contribution in [3.05, 3.63) is 70.2 Å². The van der Waals surface area contributed by atoms with Crippen LogP contribution in [0, 0.1) is 6.92 Å². The van der Waals surface area contributed by atoms with Crippen LogP contribution in [0.1, 0.15) is 30.5 Å². The largest absolute Gasteiger partial charge is 0.355 e. The highest BCUT2D eigenvalue weighted by molar-refractivity contribution is 6.30. The van der Waals surface area contributed by atoms with E-state index in [1.54, 1.807) is 24.0 Å². The Kier molecular flexibility index (Phi) is 7.22. The van der Waals surface area contributed by atoms with Gasteiger partial charge in [-0.1, -0.05) is 53.6 Å². The monoisotopic (exact) mass is 372 g/mol. The number of nitrogens with zero attached hydrogens (tertiary/aromatic N) is 1. The molecule has 0 aliphatic carbocycles. The zero-order valence-corrected chi connectivity index (χ0v) is 16.2. The van der Waals surface area contributed by atoms with Crippen molar-refractivity contribution in [2.24, 2.45) is 0 Å². The van der Waals surface area contributed by atoms with Crippen LogP contribution >= 0.6 is 11.6 Å². The van der Waals surface area contributed by atoms with E-state index in [1.165, 1.54) is 0 Å². The lowest BCUT2D eigenvalue weighted by molar-refractivity contribution is -0.140. The molecule has 0 saturated heterocycles. The molecule has 4 nitrogen and oxygen atoms in total. The molecule has 0 fully saturated rings. The molecule has 0 radical (unpaired) electrons. The molecule has 2 amide bonds. The van der Waals surface area contributed by atoms with E-state index in [0.717, 1.165) is 16.7 Å². The number of hydrogen-bond donors (Lipinski definition) is 1. The second kappa shape index (κ2) is 9.39. The summed E-state index contributed by atoms with van der Waals surface area (Å²) in [6, 6.07) is 14.7. The molecule has 1 unspecified atom stereocenters. The molecule has 0 bridgehead atoms. The van der Waals surface area contributed by atoms with Gasteiger partial charge in [-0.2, -0.15) is 0 Å². The molecule has 5 heteroatoms. The molecular formula is C21H25ClN2O2. The van der Waals surface area contributed by atoms with Crippen molar-refractivity contribution in [3.63, 3.8) is 0 Å². The Balaban J connectivity index is 2.23. The fourth-order valence-corrected chi connectivity index (χ4v) is 3.05. The van der Waals surface area contributed by atoms with Crippen LogP contribution in [-0.4, -0.2) is 29.3 Å². The number of hydrogen-bond acceptors (Lipinski definition) is 2. The fraction of sp³-hybridized carbons (Fsp3) is 0.333. The van der Waals surface area contributed by atoms with Gasteiger partial charge in [0.1, 0.15) is 6.04 Å². The average Bonchev–Trinajstić information content (AvgIpc) is 2.59. The van der Waals surface area contributed by atoms with Gasteiger partial charge < -0.3 is 10.2 Å². The number of carbonyl (C=O) groups is 2. The lowest BCUT2D eigenvalue weighted by Crippen LogP contribution is -2.48. The number of amides is 2. The minimum absolute atomic E-state index is 0.104. The number of carbonyl (C=O) groups excluding carboxylic acids is 2. The van der Waals surface area contributed by atoms with E-state index in [2.05, 4.69) is 5.32 Å². The molecule has 0 aromatic heterocycles. The van der Waals surface area contributed by atoms with Crippen molar-refractivity contribution in [2.75, 3.05) is 6.54 Å². The minimum Gasteiger partial charge on any atom is -0.355 e. The third-order valence-corrected chi connectivity index (χ3v) is 4.43. The zero-order chi connectivity index (χ0) is 19.1. The first kappa shape index (κ1) is 20.0. The summed E-state index contributed by atoms with van der Waals surface area (Å²) in [4.78, 5) is 26.9. The molecule has 2 aromatic carbocycles. The van der Waals surface area contributed by atoms with Crippen molar-refractivity contribution in [1.82, 2.24) is 10.2 Å². The zero-order valence-electron chi connectivity index (χ0n) is 15.5. The fourth-order valence-electron chi connectivity index (χ4n) is 2.83. The Bertz CT molecular complexity index is 776. The maximum atomic E-state index is 13.0. The first-order valence-electron chi connectivity index (χ1n) is 8.78. The van der Waals surface area contributed by atoms with Crippen LogP contribution in [-0.2, 0) is 22.6 Å². The maximum absolute atomic E-state index is 13.0. The van der Waals surface area contributed by atoms with E-state index in [4.69, 9.17) is 11.6 Å². The molecule has 2 aromatic rings. The first-order chi connectivity index (χ1) is 12.4. The Morgan fingerprint density at radius 1 is 1.12 bits per heavy atom. The van der Waals surface area contributed by atoms with Gasteiger partial charge in [0.25, 0.3) is 0 Å². The quantitative estimate of drug-likeness (QED) is 0.804. The van der Waals surface area contributed by atoms with Gasteiger partial charge in [0, 0.05) is 18.1 Å². The predicted molar refractivity (Wildman–Crippen MR) is 105 cm³/mol. The average molecular weight is 373 g/mol. The predicted octanol–water partition coefficient (Wildman–Crippen LogP) is 3.74. The number of likely N-dealkylation sites (N-methyl/N-ethyl adjacent to an activating group) is 1. The third kappa shape index (κ3) is 5.60. The smallest absolute Gasteiger partial charge is 0.242 e. The van der Waals surface area contributed by atoms with Crippen LogP contribution in [0.2, 0.25) is 5.02 Å². The molecule has 0 aliphatic rings. The van der Waals surface area contributed by atoms with Crippen molar-refractivity contribution in [1.29, 1.82) is 0 Å². The Morgan fingerprint density at radius 2 is 1.81 bits per heavy atom. The first-order valence-corrected chi connectivity index (χ1v) is 9.15. The number of nitrogens with one attached hydrogen (secondary N) is 1. The van der Waals surface area contributed by atoms with E-state index < -0.39 is 6.04 Å². The molecule has 1 atom stereocenters. The number of halogens is 1. The highest BCUT2D eigenvalue weighted by atomic mass is 35.5. The van der Waals surface area contributed by atoms with Crippen molar-refractivity contribution in [2.45, 2.75) is 39.8 Å². The van der Waals surface area contributed by atoms with Crippen LogP contribution < -0.4 is 5.32 Å². The van der Waals surface area contributed by atoms with Gasteiger partial charge in [0.15, 0.2) is 0 Å². The van der Waals surface area contributed by atoms with Gasteiger partial charge in [-0.05, 0) is 44.0 Å². The molecule has 0 spiro atoms. The van der Waals surface area contributed by atoms with E-state index in [-0.39, 0.29) is 18.2 Å². The standard InChI is InChI=1S/C21H25ClN2O2/c1-4-23-21(26)16(3)24(14-18-9-5-7-15(2)11-18)20(25)13-17-8-6-10-19(22)12-17/h5-12,16H,4,13-14H2,1-3H3,(H,23,26). The van der Waals surface area contributed by atoms with E-state index >= 15 is 0 Å². The van der Waals surface area contributed by atoms with Gasteiger partial charge in [-0.25, -0.2) is 0 Å². The molecule has 0 saturated carbocycles. The van der Waals surface area contributed by atoms with Gasteiger partial charge >= 0.3 is 0 Å². The summed E-state index contributed by atoms with van der Waals surface area (Å²) in [5.41, 5.74) is 2.95. The second-order valence-electron chi connectivity index (χ2n) is 6.39. The summed E-state index contributed by atoms with van der Waals surface area (Å²) >= 11 is 6.02. The second-order valence-corrected chi connectivity index (χ2v) is 6.82. The normalized spacial score (nSPS) is 11.7. The summed E-state index contributed by atoms with van der Waals surface area (Å²) in [5.74, 6) is -0.257. The Labute approximate surface area is 160 Å². The van der Waals surface area contributed by atoms with Crippen LogP contribution in [0.25, 0.3) is 0 Å². The third-order valence-electron chi connectivity index (χ3n) is 4.20. The molecular weight excluding hydrogens is 348 g/mol. The molecule has 138 valence electrons. The lowest BCUT2D eigenvalue weighted by Gasteiger charge is -2.29. The summed E-state index contributed by atoms with van der Waals surface area (Å²) in [6.07, 6.45) is 0.204. The van der Waals surface area contributed by atoms with Crippen LogP contribution in [0.4, 0.5) is 0 Å². The number of benzene rings is 2. The molecule has 0 aliphatic heterocycles. The van der Waals surface area contributed by atoms with Crippen LogP contribution in [0.3, 0.4) is 0 Å². The summed E-state index contributed by atoms with van der Waals surface area (Å²) in [5, 5.41) is 3.39. The van der Waals surface area contributed by atoms with Crippen molar-refractivity contribution < 1.29 is 9.59 Å². The SMILES string of the molecule is CCNC(=O)C(C)N(Cc1cccc(C)c1)C(=O)Cc1cccc(Cl)c1. The van der Waals surface area contributed by atoms with Crippen molar-refractivity contribution >= 4 is 23.4 Å². The highest BCUT2D eigenvalue weighted by Gasteiger charge is 2.25. The number of rotatable bonds is 7. The van der Waals surface area contributed by atoms with E-state index in [0.29, 0.717) is 18.1 Å². The summed E-state index contributed by atoms with van der Waals surface area (Å²) in [7, 11) is 0. The minimum atomic E-state index is -0.554. The molecule has 1 N–H and O–H groups in total. The lowest BCUT2D eigenvalue weighted by atomic mass is 10.1. The van der Waals surface area contributed by atoms with E-state index in [1.807, 2.05) is 50.2 Å². The molecule has 2 rings (SSSR count). The van der Waals surface area contributed by atoms with Gasteiger partial charge in [0.05, 0.1) is 6.42 Å². The molecule has 26 heavy (non-hydrogen) atoms. The summed E-state index contributed by atoms with van der Waals surface area (Å²) in [6.45, 7) is 6.55. The van der Waals surface area contributed by atoms with Crippen LogP contribution in [0.5, 0.6) is 0 Å². The molecule has 0 heterocycles.